The summed E-state index contributed by atoms with van der Waals surface area (Å²) in [6.07, 6.45) is 3.89. The van der Waals surface area contributed by atoms with E-state index >= 15 is 0 Å². The van der Waals surface area contributed by atoms with Gasteiger partial charge in [-0.15, -0.1) is 0 Å². The Morgan fingerprint density at radius 1 is 1.05 bits per heavy atom. The number of piperidine rings is 1. The number of fused-ring (bicyclic) bond motifs is 1. The molecule has 1 N–H and O–H groups in total. The molecule has 1 aromatic rings. The maximum Gasteiger partial charge on any atom is 0.0325 e. The molecule has 1 heterocycles. The average Bonchev–Trinajstić information content (AvgIpc) is 2.45. The van der Waals surface area contributed by atoms with Gasteiger partial charge >= 0.3 is 0 Å². The highest BCUT2D eigenvalue weighted by atomic mass is 15.1. The molecule has 0 spiro atoms. The van der Waals surface area contributed by atoms with Crippen LogP contribution in [0.3, 0.4) is 0 Å². The molecule has 2 nitrogen and oxygen atoms in total. The highest BCUT2D eigenvalue weighted by molar-refractivity contribution is 5.35. The van der Waals surface area contributed by atoms with Crippen LogP contribution in [0.1, 0.15) is 56.2 Å². The van der Waals surface area contributed by atoms with Crippen LogP contribution in [0.15, 0.2) is 24.3 Å². The molecule has 1 saturated heterocycles. The number of rotatable bonds is 2. The van der Waals surface area contributed by atoms with Gasteiger partial charge in [0.15, 0.2) is 0 Å². The third-order valence-corrected chi connectivity index (χ3v) is 5.31. The lowest BCUT2D eigenvalue weighted by Gasteiger charge is -2.39. The SMILES string of the molecule is CC1CCC(NC2CCN(C)CC2C)c2ccccc21. The van der Waals surface area contributed by atoms with Gasteiger partial charge in [-0.2, -0.15) is 0 Å². The fourth-order valence-corrected chi connectivity index (χ4v) is 4.04. The first-order valence-corrected chi connectivity index (χ1v) is 8.18. The third-order valence-electron chi connectivity index (χ3n) is 5.31. The Bertz CT molecular complexity index is 456. The molecule has 0 saturated carbocycles. The molecule has 4 atom stereocenters. The summed E-state index contributed by atoms with van der Waals surface area (Å²) < 4.78 is 0. The zero-order valence-corrected chi connectivity index (χ0v) is 13.1. The van der Waals surface area contributed by atoms with Crippen molar-refractivity contribution in [1.82, 2.24) is 10.2 Å². The van der Waals surface area contributed by atoms with Gasteiger partial charge in [-0.3, -0.25) is 0 Å². The van der Waals surface area contributed by atoms with E-state index in [1.807, 2.05) is 0 Å². The molecule has 1 aromatic carbocycles. The Kier molecular flexibility index (Phi) is 4.13. The highest BCUT2D eigenvalue weighted by Gasteiger charge is 2.30. The summed E-state index contributed by atoms with van der Waals surface area (Å²) in [6.45, 7) is 7.22. The van der Waals surface area contributed by atoms with Gasteiger partial charge in [0.1, 0.15) is 0 Å². The smallest absolute Gasteiger partial charge is 0.0325 e. The minimum Gasteiger partial charge on any atom is -0.307 e. The van der Waals surface area contributed by atoms with Crippen LogP contribution in [0.25, 0.3) is 0 Å². The molecule has 3 rings (SSSR count). The summed E-state index contributed by atoms with van der Waals surface area (Å²) in [6, 6.07) is 10.3. The second-order valence-corrected chi connectivity index (χ2v) is 6.96. The standard InChI is InChI=1S/C18H28N2/c1-13-8-9-18(16-7-5-4-6-15(13)16)19-17-10-11-20(3)12-14(17)2/h4-7,13-14,17-19H,8-12H2,1-3H3. The van der Waals surface area contributed by atoms with Crippen LogP contribution >= 0.6 is 0 Å². The maximum absolute atomic E-state index is 3.98. The van der Waals surface area contributed by atoms with Crippen molar-refractivity contribution in [2.75, 3.05) is 20.1 Å². The van der Waals surface area contributed by atoms with Crippen LogP contribution in [-0.2, 0) is 0 Å². The quantitative estimate of drug-likeness (QED) is 0.885. The molecular weight excluding hydrogens is 244 g/mol. The van der Waals surface area contributed by atoms with Crippen molar-refractivity contribution >= 4 is 0 Å². The Labute approximate surface area is 123 Å². The van der Waals surface area contributed by atoms with Crippen LogP contribution in [-0.4, -0.2) is 31.1 Å². The number of likely N-dealkylation sites (tertiary alicyclic amines) is 1. The number of hydrogen-bond donors (Lipinski definition) is 1. The zero-order chi connectivity index (χ0) is 14.1. The van der Waals surface area contributed by atoms with Gasteiger partial charge < -0.3 is 10.2 Å². The summed E-state index contributed by atoms with van der Waals surface area (Å²) >= 11 is 0. The van der Waals surface area contributed by atoms with Crippen LogP contribution in [0.4, 0.5) is 0 Å². The van der Waals surface area contributed by atoms with E-state index in [1.54, 1.807) is 11.1 Å². The fourth-order valence-electron chi connectivity index (χ4n) is 4.04. The van der Waals surface area contributed by atoms with Gasteiger partial charge in [-0.05, 0) is 55.8 Å². The second kappa shape index (κ2) is 5.87. The lowest BCUT2D eigenvalue weighted by Crippen LogP contribution is -2.48. The van der Waals surface area contributed by atoms with Crippen molar-refractivity contribution in [2.45, 2.75) is 51.1 Å². The van der Waals surface area contributed by atoms with E-state index in [-0.39, 0.29) is 0 Å². The van der Waals surface area contributed by atoms with Crippen molar-refractivity contribution in [1.29, 1.82) is 0 Å². The molecule has 1 fully saturated rings. The highest BCUT2D eigenvalue weighted by Crippen LogP contribution is 2.37. The lowest BCUT2D eigenvalue weighted by molar-refractivity contribution is 0.162. The number of nitrogens with one attached hydrogen (secondary N) is 1. The first kappa shape index (κ1) is 14.1. The summed E-state index contributed by atoms with van der Waals surface area (Å²) in [4.78, 5) is 2.46. The minimum atomic E-state index is 0.568. The first-order chi connectivity index (χ1) is 9.65. The average molecular weight is 272 g/mol. The molecule has 2 aliphatic rings. The lowest BCUT2D eigenvalue weighted by atomic mass is 9.80. The number of hydrogen-bond acceptors (Lipinski definition) is 2. The zero-order valence-electron chi connectivity index (χ0n) is 13.1. The van der Waals surface area contributed by atoms with E-state index in [9.17, 15) is 0 Å². The van der Waals surface area contributed by atoms with E-state index < -0.39 is 0 Å². The van der Waals surface area contributed by atoms with Crippen molar-refractivity contribution < 1.29 is 0 Å². The number of nitrogens with zero attached hydrogens (tertiary/aromatic N) is 1. The van der Waals surface area contributed by atoms with Crippen molar-refractivity contribution in [3.8, 4) is 0 Å². The Hall–Kier alpha value is -0.860. The number of benzene rings is 1. The molecule has 4 unspecified atom stereocenters. The second-order valence-electron chi connectivity index (χ2n) is 6.96. The van der Waals surface area contributed by atoms with Crippen LogP contribution < -0.4 is 5.32 Å². The first-order valence-electron chi connectivity index (χ1n) is 8.18. The Morgan fingerprint density at radius 2 is 1.80 bits per heavy atom. The van der Waals surface area contributed by atoms with E-state index in [0.29, 0.717) is 12.1 Å². The molecule has 110 valence electrons. The molecule has 20 heavy (non-hydrogen) atoms. The summed E-state index contributed by atoms with van der Waals surface area (Å²) in [5.74, 6) is 1.47. The molecule has 0 radical (unpaired) electrons. The predicted octanol–water partition coefficient (Wildman–Crippen LogP) is 3.55. The molecule has 2 heteroatoms. The fraction of sp³-hybridized carbons (Fsp3) is 0.667. The van der Waals surface area contributed by atoms with Crippen LogP contribution in [0.5, 0.6) is 0 Å². The summed E-state index contributed by atoms with van der Waals surface area (Å²) in [5.41, 5.74) is 3.12. The summed E-state index contributed by atoms with van der Waals surface area (Å²) in [5, 5.41) is 3.98. The third kappa shape index (κ3) is 2.77. The maximum atomic E-state index is 3.98. The molecule has 1 aliphatic carbocycles. The molecule has 0 amide bonds. The van der Waals surface area contributed by atoms with Crippen LogP contribution in [0, 0.1) is 5.92 Å². The summed E-state index contributed by atoms with van der Waals surface area (Å²) in [7, 11) is 2.24. The van der Waals surface area contributed by atoms with Gasteiger partial charge in [0.05, 0.1) is 0 Å². The van der Waals surface area contributed by atoms with Crippen molar-refractivity contribution in [3.63, 3.8) is 0 Å². The monoisotopic (exact) mass is 272 g/mol. The molecule has 0 aromatic heterocycles. The molecule has 1 aliphatic heterocycles. The van der Waals surface area contributed by atoms with Gasteiger partial charge in [-0.1, -0.05) is 38.1 Å². The minimum absolute atomic E-state index is 0.568. The normalized spacial score (nSPS) is 34.8. The Balaban J connectivity index is 1.74. The van der Waals surface area contributed by atoms with E-state index in [2.05, 4.69) is 55.4 Å². The van der Waals surface area contributed by atoms with Gasteiger partial charge in [0.25, 0.3) is 0 Å². The van der Waals surface area contributed by atoms with Crippen molar-refractivity contribution in [2.24, 2.45) is 5.92 Å². The largest absolute Gasteiger partial charge is 0.307 e. The van der Waals surface area contributed by atoms with E-state index in [4.69, 9.17) is 0 Å². The molecule has 0 bridgehead atoms. The van der Waals surface area contributed by atoms with Gasteiger partial charge in [0, 0.05) is 18.6 Å². The van der Waals surface area contributed by atoms with Crippen LogP contribution in [0.2, 0.25) is 0 Å². The van der Waals surface area contributed by atoms with Crippen molar-refractivity contribution in [3.05, 3.63) is 35.4 Å². The topological polar surface area (TPSA) is 15.3 Å². The van der Waals surface area contributed by atoms with Gasteiger partial charge in [-0.25, -0.2) is 0 Å². The predicted molar refractivity (Wildman–Crippen MR) is 85.0 cm³/mol. The molecular formula is C18H28N2. The van der Waals surface area contributed by atoms with E-state index in [0.717, 1.165) is 11.8 Å². The Morgan fingerprint density at radius 3 is 2.55 bits per heavy atom. The van der Waals surface area contributed by atoms with Gasteiger partial charge in [0.2, 0.25) is 0 Å². The van der Waals surface area contributed by atoms with E-state index in [1.165, 1.54) is 32.4 Å².